The van der Waals surface area contributed by atoms with E-state index in [-0.39, 0.29) is 5.16 Å². The van der Waals surface area contributed by atoms with Crippen LogP contribution >= 0.6 is 0 Å². The summed E-state index contributed by atoms with van der Waals surface area (Å²) in [5, 5.41) is 7.90. The van der Waals surface area contributed by atoms with Crippen molar-refractivity contribution in [1.29, 1.82) is 0 Å². The average Bonchev–Trinajstić information content (AvgIpc) is 2.61. The van der Waals surface area contributed by atoms with Crippen molar-refractivity contribution in [2.45, 2.75) is 11.3 Å². The van der Waals surface area contributed by atoms with E-state index in [1.807, 2.05) is 0 Å². The molecule has 0 aliphatic rings. The highest BCUT2D eigenvalue weighted by Crippen LogP contribution is 2.32. The third kappa shape index (κ3) is 3.90. The van der Waals surface area contributed by atoms with E-state index >= 15 is 0 Å². The summed E-state index contributed by atoms with van der Waals surface area (Å²) < 4.78 is 49.7. The van der Waals surface area contributed by atoms with Gasteiger partial charge in [0, 0.05) is 11.8 Å². The van der Waals surface area contributed by atoms with E-state index in [0.29, 0.717) is 22.4 Å². The van der Waals surface area contributed by atoms with Crippen molar-refractivity contribution < 1.29 is 17.4 Å². The van der Waals surface area contributed by atoms with E-state index in [4.69, 9.17) is 0 Å². The molecule has 4 nitrogen and oxygen atoms in total. The molecule has 0 radical (unpaired) electrons. The molecule has 2 aromatic carbocycles. The van der Waals surface area contributed by atoms with E-state index in [0.717, 1.165) is 12.1 Å². The van der Waals surface area contributed by atoms with Crippen molar-refractivity contribution >= 4 is 10.8 Å². The molecule has 0 N–H and O–H groups in total. The van der Waals surface area contributed by atoms with Crippen LogP contribution in [0.15, 0.2) is 59.9 Å². The maximum absolute atomic E-state index is 12.8. The topological polar surface area (TPSA) is 55.7 Å². The molecule has 8 heteroatoms. The second kappa shape index (κ2) is 6.72. The van der Waals surface area contributed by atoms with Crippen molar-refractivity contribution in [2.75, 3.05) is 6.26 Å². The molecule has 0 saturated heterocycles. The maximum atomic E-state index is 12.8. The van der Waals surface area contributed by atoms with Gasteiger partial charge in [-0.1, -0.05) is 36.4 Å². The first kappa shape index (κ1) is 17.2. The summed E-state index contributed by atoms with van der Waals surface area (Å²) >= 11 is 0. The molecule has 3 rings (SSSR count). The Morgan fingerprint density at radius 3 is 2.16 bits per heavy atom. The lowest BCUT2D eigenvalue weighted by Crippen LogP contribution is -2.04. The molecule has 0 bridgehead atoms. The van der Waals surface area contributed by atoms with E-state index in [1.165, 1.54) is 18.5 Å². The summed E-state index contributed by atoms with van der Waals surface area (Å²) in [5.74, 6) is 0. The van der Waals surface area contributed by atoms with Gasteiger partial charge in [0.2, 0.25) is 5.16 Å². The summed E-state index contributed by atoms with van der Waals surface area (Å²) in [5.41, 5.74) is 1.64. The first-order valence-corrected chi connectivity index (χ1v) is 8.71. The molecule has 1 aromatic heterocycles. The van der Waals surface area contributed by atoms with Crippen LogP contribution in [0.1, 0.15) is 5.56 Å². The fraction of sp³-hybridized carbons (Fsp3) is 0.118. The Balaban J connectivity index is 1.89. The summed E-state index contributed by atoms with van der Waals surface area (Å²) in [6.45, 7) is 0. The fourth-order valence-electron chi connectivity index (χ4n) is 2.24. The van der Waals surface area contributed by atoms with Gasteiger partial charge in [-0.2, -0.15) is 13.2 Å². The fourth-order valence-corrected chi connectivity index (χ4v) is 2.59. The van der Waals surface area contributed by atoms with Crippen LogP contribution in [0.2, 0.25) is 0 Å². The molecule has 0 saturated carbocycles. The molecule has 1 unspecified atom stereocenters. The molecule has 128 valence electrons. The van der Waals surface area contributed by atoms with Crippen molar-refractivity contribution in [3.05, 3.63) is 60.3 Å². The molecule has 3 aromatic rings. The standard InChI is InChI=1S/C17H12F3N3OS/c1-25(24)16-21-10-15(22-23-16)12-7-5-11(6-8-12)13-3-2-4-14(9-13)17(18,19)20/h2-10H,1H3. The minimum absolute atomic E-state index is 0.143. The van der Waals surface area contributed by atoms with Gasteiger partial charge in [-0.05, 0) is 23.3 Å². The lowest BCUT2D eigenvalue weighted by atomic mass is 10.0. The lowest BCUT2D eigenvalue weighted by Gasteiger charge is -2.09. The molecular formula is C17H12F3N3OS. The highest BCUT2D eigenvalue weighted by molar-refractivity contribution is 7.84. The third-order valence-electron chi connectivity index (χ3n) is 3.50. The number of benzene rings is 2. The predicted octanol–water partition coefficient (Wildman–Crippen LogP) is 3.96. The Morgan fingerprint density at radius 1 is 0.920 bits per heavy atom. The first-order valence-electron chi connectivity index (χ1n) is 7.16. The summed E-state index contributed by atoms with van der Waals surface area (Å²) in [7, 11) is -1.31. The summed E-state index contributed by atoms with van der Waals surface area (Å²) in [4.78, 5) is 3.98. The number of hydrogen-bond donors (Lipinski definition) is 0. The van der Waals surface area contributed by atoms with Crippen LogP contribution in [-0.4, -0.2) is 25.6 Å². The Kier molecular flexibility index (Phi) is 4.63. The van der Waals surface area contributed by atoms with Crippen molar-refractivity contribution in [2.24, 2.45) is 0 Å². The van der Waals surface area contributed by atoms with Gasteiger partial charge in [0.05, 0.1) is 22.6 Å². The second-order valence-corrected chi connectivity index (χ2v) is 6.51. The van der Waals surface area contributed by atoms with Gasteiger partial charge in [0.15, 0.2) is 0 Å². The van der Waals surface area contributed by atoms with Crippen LogP contribution in [0.3, 0.4) is 0 Å². The third-order valence-corrected chi connectivity index (χ3v) is 4.20. The Morgan fingerprint density at radius 2 is 1.60 bits per heavy atom. The van der Waals surface area contributed by atoms with Crippen molar-refractivity contribution in [1.82, 2.24) is 15.2 Å². The maximum Gasteiger partial charge on any atom is 0.416 e. The van der Waals surface area contributed by atoms with Crippen LogP contribution in [-0.2, 0) is 17.0 Å². The normalized spacial score (nSPS) is 12.8. The number of halogens is 3. The van der Waals surface area contributed by atoms with Gasteiger partial charge in [0.25, 0.3) is 0 Å². The smallest absolute Gasteiger partial charge is 0.251 e. The molecule has 1 heterocycles. The zero-order valence-electron chi connectivity index (χ0n) is 13.0. The molecule has 0 amide bonds. The van der Waals surface area contributed by atoms with Gasteiger partial charge < -0.3 is 0 Å². The minimum Gasteiger partial charge on any atom is -0.251 e. The van der Waals surface area contributed by atoms with Gasteiger partial charge in [-0.3, -0.25) is 4.21 Å². The second-order valence-electron chi connectivity index (χ2n) is 5.24. The lowest BCUT2D eigenvalue weighted by molar-refractivity contribution is -0.137. The van der Waals surface area contributed by atoms with E-state index in [2.05, 4.69) is 15.2 Å². The van der Waals surface area contributed by atoms with Gasteiger partial charge in [-0.25, -0.2) is 4.98 Å². The quantitative estimate of drug-likeness (QED) is 0.707. The molecule has 25 heavy (non-hydrogen) atoms. The summed E-state index contributed by atoms with van der Waals surface area (Å²) in [6, 6.07) is 12.0. The molecular weight excluding hydrogens is 351 g/mol. The van der Waals surface area contributed by atoms with E-state index in [1.54, 1.807) is 30.3 Å². The Hall–Kier alpha value is -2.61. The Labute approximate surface area is 144 Å². The molecule has 0 aliphatic heterocycles. The van der Waals surface area contributed by atoms with E-state index < -0.39 is 22.5 Å². The summed E-state index contributed by atoms with van der Waals surface area (Å²) in [6.07, 6.45) is -1.46. The molecule has 0 fully saturated rings. The first-order chi connectivity index (χ1) is 11.8. The molecule has 0 spiro atoms. The number of rotatable bonds is 3. The van der Waals surface area contributed by atoms with Gasteiger partial charge >= 0.3 is 6.18 Å². The molecule has 0 aliphatic carbocycles. The van der Waals surface area contributed by atoms with Crippen LogP contribution in [0, 0.1) is 0 Å². The number of aromatic nitrogens is 3. The Bertz CT molecular complexity index is 910. The van der Waals surface area contributed by atoms with Crippen LogP contribution in [0.25, 0.3) is 22.4 Å². The van der Waals surface area contributed by atoms with Crippen LogP contribution in [0.5, 0.6) is 0 Å². The monoisotopic (exact) mass is 363 g/mol. The number of nitrogens with zero attached hydrogens (tertiary/aromatic N) is 3. The zero-order chi connectivity index (χ0) is 18.0. The zero-order valence-corrected chi connectivity index (χ0v) is 13.8. The predicted molar refractivity (Wildman–Crippen MR) is 88.0 cm³/mol. The molecule has 1 atom stereocenters. The highest BCUT2D eigenvalue weighted by Gasteiger charge is 2.30. The SMILES string of the molecule is CS(=O)c1ncc(-c2ccc(-c3cccc(C(F)(F)F)c3)cc2)nn1. The average molecular weight is 363 g/mol. The van der Waals surface area contributed by atoms with Crippen LogP contribution < -0.4 is 0 Å². The van der Waals surface area contributed by atoms with Crippen molar-refractivity contribution in [3.63, 3.8) is 0 Å². The van der Waals surface area contributed by atoms with Gasteiger partial charge in [-0.15, -0.1) is 10.2 Å². The van der Waals surface area contributed by atoms with Crippen molar-refractivity contribution in [3.8, 4) is 22.4 Å². The number of alkyl halides is 3. The minimum atomic E-state index is -4.38. The van der Waals surface area contributed by atoms with Gasteiger partial charge in [0.1, 0.15) is 5.69 Å². The van der Waals surface area contributed by atoms with E-state index in [9.17, 15) is 17.4 Å². The largest absolute Gasteiger partial charge is 0.416 e. The number of hydrogen-bond acceptors (Lipinski definition) is 4. The highest BCUT2D eigenvalue weighted by atomic mass is 32.2. The van der Waals surface area contributed by atoms with Crippen LogP contribution in [0.4, 0.5) is 13.2 Å².